The van der Waals surface area contributed by atoms with E-state index in [1.165, 1.54) is 88.4 Å². The average Bonchev–Trinajstić information content (AvgIpc) is 2.26. The molecule has 0 saturated carbocycles. The van der Waals surface area contributed by atoms with Crippen LogP contribution in [0.5, 0.6) is 0 Å². The van der Waals surface area contributed by atoms with Crippen molar-refractivity contribution in [1.82, 2.24) is 71.0 Å². The zero-order valence-corrected chi connectivity index (χ0v) is 53.7. The molecule has 8 aromatic heterocycles. The first-order valence-corrected chi connectivity index (χ1v) is 33.0. The smallest absolute Gasteiger partial charge is 0.303 e. The Morgan fingerprint density at radius 3 is 2.18 bits per heavy atom. The van der Waals surface area contributed by atoms with E-state index in [-0.39, 0.29) is 67.6 Å². The Kier molecular flexibility index (Phi) is 20.3. The van der Waals surface area contributed by atoms with Crippen LogP contribution in [0.25, 0.3) is 54.9 Å². The zero-order chi connectivity index (χ0) is 63.9. The minimum absolute atomic E-state index is 0.00451. The lowest BCUT2D eigenvalue weighted by atomic mass is 10.0. The topological polar surface area (TPSA) is 358 Å². The number of hydrogen-bond acceptors (Lipinski definition) is 24. The number of carboxylic acid groups (broad SMARTS) is 2. The molecule has 0 aliphatic carbocycles. The van der Waals surface area contributed by atoms with Crippen LogP contribution >= 0.6 is 68.0 Å². The highest BCUT2D eigenvalue weighted by atomic mass is 32.1. The third-order valence-corrected chi connectivity index (χ3v) is 19.7. The predicted molar refractivity (Wildman–Crippen MR) is 341 cm³/mol. The number of aliphatic hydroxyl groups excluding tert-OH is 1. The molecule has 31 heteroatoms. The minimum atomic E-state index is -1.29. The molecular weight excluding hydrogens is 1270 g/mol. The number of ketones is 1. The molecule has 0 saturated heterocycles. The number of thiazole rings is 6. The monoisotopic (exact) mass is 1330 g/mol. The van der Waals surface area contributed by atoms with Crippen molar-refractivity contribution in [3.63, 3.8) is 0 Å². The number of carbonyl (C=O) groups excluding carboxylic acids is 5. The van der Waals surface area contributed by atoms with Gasteiger partial charge in [0.05, 0.1) is 60.0 Å². The Morgan fingerprint density at radius 2 is 1.43 bits per heavy atom. The number of hydrogen-bond donors (Lipinski definition) is 8. The van der Waals surface area contributed by atoms with Crippen LogP contribution in [0.15, 0.2) is 76.8 Å². The summed E-state index contributed by atoms with van der Waals surface area (Å²) >= 11 is 7.42. The molecule has 0 spiro atoms. The summed E-state index contributed by atoms with van der Waals surface area (Å²) < 4.78 is 7.06. The summed E-state index contributed by atoms with van der Waals surface area (Å²) in [6.07, 6.45) is -0.352. The van der Waals surface area contributed by atoms with E-state index in [9.17, 15) is 48.9 Å². The number of methoxy groups -OCH3 is 1. The molecule has 10 rings (SSSR count). The lowest BCUT2D eigenvalue weighted by Crippen LogP contribution is -2.40. The van der Waals surface area contributed by atoms with E-state index in [1.807, 2.05) is 25.3 Å². The summed E-state index contributed by atoms with van der Waals surface area (Å²) in [7, 11) is 2.99. The number of imidazole rings is 1. The number of pyridine rings is 1. The van der Waals surface area contributed by atoms with Gasteiger partial charge in [-0.3, -0.25) is 38.1 Å². The number of Topliss-reactive ketones (excluding diaryl/α,β-unsaturated/α-hetero) is 1. The molecule has 4 atom stereocenters. The molecule has 25 nitrogen and oxygen atoms in total. The van der Waals surface area contributed by atoms with Crippen LogP contribution in [-0.2, 0) is 36.9 Å². The molecule has 9 aromatic rings. The number of rotatable bonds is 17. The molecule has 0 radical (unpaired) electrons. The van der Waals surface area contributed by atoms with Gasteiger partial charge >= 0.3 is 11.9 Å². The maximum Gasteiger partial charge on any atom is 0.303 e. The number of ether oxygens (including phenoxy) is 1. The van der Waals surface area contributed by atoms with Crippen LogP contribution in [0.3, 0.4) is 0 Å². The number of benzene rings is 1. The fourth-order valence-corrected chi connectivity index (χ4v) is 15.0. The van der Waals surface area contributed by atoms with Crippen LogP contribution in [0.2, 0.25) is 0 Å². The number of aliphatic hydroxyl groups is 1. The van der Waals surface area contributed by atoms with Gasteiger partial charge in [-0.25, -0.2) is 39.9 Å². The number of nitrogens with zero attached hydrogens (tertiary/aromatic N) is 9. The van der Waals surface area contributed by atoms with E-state index in [2.05, 4.69) is 38.1 Å². The molecule has 4 amide bonds. The molecule has 1 aromatic carbocycles. The van der Waals surface area contributed by atoms with E-state index in [0.29, 0.717) is 96.7 Å². The Bertz CT molecular complexity index is 4180. The second kappa shape index (κ2) is 28.4. The second-order valence-electron chi connectivity index (χ2n) is 20.8. The summed E-state index contributed by atoms with van der Waals surface area (Å²) in [5, 5.41) is 55.0. The number of aryl methyl sites for hydroxylation is 2. The number of aromatic nitrogens is 9. The van der Waals surface area contributed by atoms with Crippen molar-refractivity contribution in [2.75, 3.05) is 20.7 Å². The van der Waals surface area contributed by atoms with Gasteiger partial charge in [0.2, 0.25) is 11.8 Å². The maximum atomic E-state index is 14.3. The lowest BCUT2D eigenvalue weighted by Gasteiger charge is -2.23. The van der Waals surface area contributed by atoms with Crippen LogP contribution < -0.4 is 26.6 Å². The fourth-order valence-electron chi connectivity index (χ4n) is 9.45. The van der Waals surface area contributed by atoms with E-state index >= 15 is 0 Å². The van der Waals surface area contributed by atoms with Gasteiger partial charge in [-0.15, -0.1) is 68.0 Å². The minimum Gasteiger partial charge on any atom is -0.481 e. The number of aliphatic carboxylic acids is 2. The average molecular weight is 1330 g/mol. The van der Waals surface area contributed by atoms with Gasteiger partial charge in [-0.2, -0.15) is 0 Å². The van der Waals surface area contributed by atoms with Gasteiger partial charge in [0, 0.05) is 71.6 Å². The second-order valence-corrected chi connectivity index (χ2v) is 26.6. The normalized spacial score (nSPS) is 16.0. The number of nitrogens with one attached hydrogen (secondary N) is 5. The van der Waals surface area contributed by atoms with Gasteiger partial charge in [-0.1, -0.05) is 50.8 Å². The molecule has 9 heterocycles. The van der Waals surface area contributed by atoms with Crippen molar-refractivity contribution in [2.45, 2.75) is 90.1 Å². The molecule has 90 heavy (non-hydrogen) atoms. The van der Waals surface area contributed by atoms with Gasteiger partial charge in [0.15, 0.2) is 5.78 Å². The third kappa shape index (κ3) is 14.8. The van der Waals surface area contributed by atoms with Crippen LogP contribution in [0.1, 0.15) is 144 Å². The molecular formula is C59H58N14O11S6. The first kappa shape index (κ1) is 64.3. The first-order chi connectivity index (χ1) is 43.2. The van der Waals surface area contributed by atoms with E-state index < -0.39 is 72.6 Å². The summed E-state index contributed by atoms with van der Waals surface area (Å²) in [6, 6.07) is 9.79. The predicted octanol–water partition coefficient (Wildman–Crippen LogP) is 8.78. The number of carbonyl (C=O) groups is 7. The molecule has 1 aliphatic rings. The van der Waals surface area contributed by atoms with E-state index in [4.69, 9.17) is 39.6 Å². The van der Waals surface area contributed by atoms with Gasteiger partial charge in [0.1, 0.15) is 88.0 Å². The Labute approximate surface area is 537 Å². The van der Waals surface area contributed by atoms with Gasteiger partial charge in [-0.05, 0) is 37.0 Å². The molecule has 1 unspecified atom stereocenters. The van der Waals surface area contributed by atoms with Gasteiger partial charge in [0.25, 0.3) is 11.8 Å². The zero-order valence-electron chi connectivity index (χ0n) is 48.8. The standard InChI is InChI=1S/C59H58N14O11S6/c1-27(2)46-59-72-49(39(90-59)22-84-6)52(82)61-20-43(76)69-50(51(81)30-11-8-7-9-12-30)58-67-37(25-87-58)56-66-36(24-86-56)48-31(54-65-35(23-85-54)28(3)62-33(19-42(75)60-5)57-71-47(29(4)89-57)53(83)70-46)15-16-32(64-48)55-68-41(26-88-55)73-21-34(38(74)17-18-45(79)80)63-40(73)13-10-14-44(77)78/h7-9,11-12,15-16,21,23-27,33,46,50-51,62,81H,3,10,13-14,17-20,22H2,1-2,4-6H3,(H,60,75)(H,61,82)(H,69,76)(H,70,83)(H,77,78)(H,79,80)/t33-,46?,50-,51-/m0/s1. The molecule has 10 bridgehead atoms. The first-order valence-electron chi connectivity index (χ1n) is 27.9. The Balaban J connectivity index is 1.06. The SMILES string of the molecule is C=C1N[C@@H](CC(=O)NC)c2nc(c(C)s2)C(=O)NC(C(C)C)c2nc(c(COC)s2)C(=O)NCC(=O)N[C@@H]([C@@H](O)c2ccccc2)c2nc(cs2)-c2nc(cs2)-c2nc(-c3nc(-n4cc(C(=O)CCC(=O)O)nc4CCCC(=O)O)cs3)ccc2-c2nc1cs2. The van der Waals surface area contributed by atoms with Crippen molar-refractivity contribution in [2.24, 2.45) is 5.92 Å². The Morgan fingerprint density at radius 1 is 0.722 bits per heavy atom. The summed E-state index contributed by atoms with van der Waals surface area (Å²) in [5.41, 5.74) is 3.65. The number of amides is 4. The fraction of sp³-hybridized carbons (Fsp3) is 0.305. The summed E-state index contributed by atoms with van der Waals surface area (Å²) in [6.45, 7) is 9.38. The van der Waals surface area contributed by atoms with Gasteiger partial charge < -0.3 is 46.6 Å². The molecule has 1 aliphatic heterocycles. The van der Waals surface area contributed by atoms with Crippen molar-refractivity contribution in [3.05, 3.63) is 136 Å². The highest BCUT2D eigenvalue weighted by Crippen LogP contribution is 2.41. The number of carboxylic acids is 2. The van der Waals surface area contributed by atoms with Crippen LogP contribution in [-0.4, -0.2) is 122 Å². The lowest BCUT2D eigenvalue weighted by molar-refractivity contribution is -0.138. The molecule has 8 N–H and O–H groups in total. The van der Waals surface area contributed by atoms with Crippen molar-refractivity contribution in [3.8, 4) is 49.2 Å². The maximum absolute atomic E-state index is 14.3. The molecule has 0 fully saturated rings. The van der Waals surface area contributed by atoms with E-state index in [1.54, 1.807) is 64.0 Å². The van der Waals surface area contributed by atoms with E-state index in [0.717, 1.165) is 0 Å². The molecule has 466 valence electrons. The Hall–Kier alpha value is -8.69. The van der Waals surface area contributed by atoms with Crippen LogP contribution in [0.4, 0.5) is 0 Å². The number of fused-ring (bicyclic) bond motifs is 14. The van der Waals surface area contributed by atoms with Crippen LogP contribution in [0, 0.1) is 12.8 Å². The summed E-state index contributed by atoms with van der Waals surface area (Å²) in [4.78, 5) is 132. The van der Waals surface area contributed by atoms with Crippen molar-refractivity contribution in [1.29, 1.82) is 0 Å². The quantitative estimate of drug-likeness (QED) is 0.0395. The summed E-state index contributed by atoms with van der Waals surface area (Å²) in [5.74, 6) is -4.29. The van der Waals surface area contributed by atoms with Crippen molar-refractivity contribution < 1.29 is 53.6 Å². The van der Waals surface area contributed by atoms with Crippen molar-refractivity contribution >= 4 is 115 Å². The largest absolute Gasteiger partial charge is 0.481 e. The third-order valence-electron chi connectivity index (χ3n) is 14.0. The highest BCUT2D eigenvalue weighted by Gasteiger charge is 2.33. The highest BCUT2D eigenvalue weighted by molar-refractivity contribution is 7.15.